The monoisotopic (exact) mass is 327 g/mol. The Morgan fingerprint density at radius 2 is 1.58 bits per heavy atom. The smallest absolute Gasteiger partial charge is 0.0196 e. The van der Waals surface area contributed by atoms with Gasteiger partial charge in [0.25, 0.3) is 0 Å². The van der Waals surface area contributed by atoms with Crippen molar-refractivity contribution in [3.05, 3.63) is 41.0 Å². The number of rotatable bonds is 5. The average molecular weight is 328 g/mol. The standard InChI is InChI=1S/C23H37N/c1-8-23(6,7)22-11-9-21(10-12-22)20(5)19(4)16-24-14-17(2)13-18(3)15-24/h9-12,17-18H,8,13-16H2,1-7H3. The molecule has 1 nitrogen and oxygen atoms in total. The maximum Gasteiger partial charge on any atom is 0.0196 e. The SMILES string of the molecule is CCC(C)(C)c1ccc(C(C)=C(C)CN2CC(C)CC(C)C2)cc1. The van der Waals surface area contributed by atoms with Gasteiger partial charge in [0.2, 0.25) is 0 Å². The van der Waals surface area contributed by atoms with Crippen LogP contribution in [0, 0.1) is 11.8 Å². The number of likely N-dealkylation sites (tertiary alicyclic amines) is 1. The normalized spacial score (nSPS) is 24.0. The van der Waals surface area contributed by atoms with Gasteiger partial charge >= 0.3 is 0 Å². The topological polar surface area (TPSA) is 3.24 Å². The van der Waals surface area contributed by atoms with Crippen molar-refractivity contribution in [2.45, 2.75) is 66.7 Å². The summed E-state index contributed by atoms with van der Waals surface area (Å²) in [6.45, 7) is 19.9. The number of allylic oxidation sites excluding steroid dienone is 1. The summed E-state index contributed by atoms with van der Waals surface area (Å²) in [4.78, 5) is 2.65. The minimum Gasteiger partial charge on any atom is -0.299 e. The number of piperidine rings is 1. The molecule has 0 spiro atoms. The Balaban J connectivity index is 2.11. The third kappa shape index (κ3) is 4.72. The van der Waals surface area contributed by atoms with E-state index in [1.54, 1.807) is 0 Å². The van der Waals surface area contributed by atoms with Crippen LogP contribution in [-0.2, 0) is 5.41 Å². The van der Waals surface area contributed by atoms with E-state index in [2.05, 4.69) is 77.6 Å². The second kappa shape index (κ2) is 7.87. The van der Waals surface area contributed by atoms with Gasteiger partial charge in [-0.3, -0.25) is 4.90 Å². The highest BCUT2D eigenvalue weighted by Gasteiger charge is 2.22. The second-order valence-electron chi connectivity index (χ2n) is 8.86. The Labute approximate surface area is 150 Å². The molecule has 2 rings (SSSR count). The van der Waals surface area contributed by atoms with Crippen LogP contribution in [-0.4, -0.2) is 24.5 Å². The molecule has 0 aliphatic carbocycles. The zero-order valence-corrected chi connectivity index (χ0v) is 16.9. The van der Waals surface area contributed by atoms with Crippen molar-refractivity contribution in [1.82, 2.24) is 4.90 Å². The Morgan fingerprint density at radius 1 is 1.04 bits per heavy atom. The van der Waals surface area contributed by atoms with E-state index in [0.29, 0.717) is 0 Å². The van der Waals surface area contributed by atoms with Crippen LogP contribution in [0.2, 0.25) is 0 Å². The van der Waals surface area contributed by atoms with Crippen LogP contribution in [0.1, 0.15) is 72.4 Å². The molecule has 1 heteroatoms. The molecule has 0 saturated carbocycles. The fourth-order valence-electron chi connectivity index (χ4n) is 4.00. The number of benzene rings is 1. The molecule has 1 aliphatic heterocycles. The van der Waals surface area contributed by atoms with Crippen LogP contribution >= 0.6 is 0 Å². The predicted molar refractivity (Wildman–Crippen MR) is 107 cm³/mol. The van der Waals surface area contributed by atoms with Crippen LogP contribution in [0.5, 0.6) is 0 Å². The van der Waals surface area contributed by atoms with E-state index in [9.17, 15) is 0 Å². The molecule has 2 unspecified atom stereocenters. The van der Waals surface area contributed by atoms with Crippen LogP contribution in [0.3, 0.4) is 0 Å². The van der Waals surface area contributed by atoms with Gasteiger partial charge in [-0.25, -0.2) is 0 Å². The zero-order valence-electron chi connectivity index (χ0n) is 16.9. The molecule has 0 bridgehead atoms. The van der Waals surface area contributed by atoms with Gasteiger partial charge in [-0.1, -0.05) is 64.5 Å². The molecule has 1 aromatic carbocycles. The highest BCUT2D eigenvalue weighted by molar-refractivity contribution is 5.67. The predicted octanol–water partition coefficient (Wildman–Crippen LogP) is 6.15. The Morgan fingerprint density at radius 3 is 2.08 bits per heavy atom. The lowest BCUT2D eigenvalue weighted by atomic mass is 9.81. The lowest BCUT2D eigenvalue weighted by Gasteiger charge is -2.35. The molecule has 0 radical (unpaired) electrons. The second-order valence-corrected chi connectivity index (χ2v) is 8.86. The maximum absolute atomic E-state index is 2.65. The largest absolute Gasteiger partial charge is 0.299 e. The van der Waals surface area contributed by atoms with Crippen molar-refractivity contribution >= 4 is 5.57 Å². The molecule has 1 heterocycles. The van der Waals surface area contributed by atoms with Gasteiger partial charge in [0.05, 0.1) is 0 Å². The Hall–Kier alpha value is -1.08. The van der Waals surface area contributed by atoms with Gasteiger partial charge < -0.3 is 0 Å². The summed E-state index contributed by atoms with van der Waals surface area (Å²) in [5, 5.41) is 0. The molecular weight excluding hydrogens is 290 g/mol. The van der Waals surface area contributed by atoms with Crippen molar-refractivity contribution in [1.29, 1.82) is 0 Å². The third-order valence-electron chi connectivity index (χ3n) is 6.03. The van der Waals surface area contributed by atoms with E-state index in [4.69, 9.17) is 0 Å². The van der Waals surface area contributed by atoms with Crippen molar-refractivity contribution in [2.75, 3.05) is 19.6 Å². The summed E-state index contributed by atoms with van der Waals surface area (Å²) >= 11 is 0. The van der Waals surface area contributed by atoms with E-state index in [1.165, 1.54) is 48.2 Å². The number of hydrogen-bond acceptors (Lipinski definition) is 1. The first-order valence-corrected chi connectivity index (χ1v) is 9.72. The minimum absolute atomic E-state index is 0.269. The molecule has 1 saturated heterocycles. The molecule has 0 aromatic heterocycles. The molecule has 0 amide bonds. The minimum atomic E-state index is 0.269. The average Bonchev–Trinajstić information content (AvgIpc) is 2.53. The molecule has 1 aromatic rings. The number of nitrogens with zero attached hydrogens (tertiary/aromatic N) is 1. The van der Waals surface area contributed by atoms with E-state index >= 15 is 0 Å². The molecular formula is C23H37N. The molecule has 24 heavy (non-hydrogen) atoms. The highest BCUT2D eigenvalue weighted by atomic mass is 15.1. The summed E-state index contributed by atoms with van der Waals surface area (Å²) in [5.41, 5.74) is 6.05. The van der Waals surface area contributed by atoms with Gasteiger partial charge in [-0.05, 0) is 60.6 Å². The van der Waals surface area contributed by atoms with Crippen molar-refractivity contribution in [3.63, 3.8) is 0 Å². The molecule has 1 aliphatic rings. The van der Waals surface area contributed by atoms with Crippen molar-refractivity contribution in [3.8, 4) is 0 Å². The summed E-state index contributed by atoms with van der Waals surface area (Å²) in [6.07, 6.45) is 2.55. The van der Waals surface area contributed by atoms with Gasteiger partial charge in [0, 0.05) is 19.6 Å². The van der Waals surface area contributed by atoms with Crippen LogP contribution in [0.15, 0.2) is 29.8 Å². The van der Waals surface area contributed by atoms with Crippen LogP contribution in [0.25, 0.3) is 5.57 Å². The van der Waals surface area contributed by atoms with E-state index in [-0.39, 0.29) is 5.41 Å². The first kappa shape index (κ1) is 19.2. The Kier molecular flexibility index (Phi) is 6.31. The summed E-state index contributed by atoms with van der Waals surface area (Å²) < 4.78 is 0. The zero-order chi connectivity index (χ0) is 17.9. The highest BCUT2D eigenvalue weighted by Crippen LogP contribution is 2.29. The summed E-state index contributed by atoms with van der Waals surface area (Å²) in [5.74, 6) is 1.66. The molecule has 1 fully saturated rings. The summed E-state index contributed by atoms with van der Waals surface area (Å²) in [6, 6.07) is 9.27. The van der Waals surface area contributed by atoms with Crippen molar-refractivity contribution < 1.29 is 0 Å². The van der Waals surface area contributed by atoms with Gasteiger partial charge in [0.15, 0.2) is 0 Å². The van der Waals surface area contributed by atoms with Gasteiger partial charge in [-0.15, -0.1) is 0 Å². The van der Waals surface area contributed by atoms with Crippen molar-refractivity contribution in [2.24, 2.45) is 11.8 Å². The number of hydrogen-bond donors (Lipinski definition) is 0. The summed E-state index contributed by atoms with van der Waals surface area (Å²) in [7, 11) is 0. The van der Waals surface area contributed by atoms with E-state index in [1.807, 2.05) is 0 Å². The Bertz CT molecular complexity index is 554. The van der Waals surface area contributed by atoms with E-state index in [0.717, 1.165) is 18.4 Å². The van der Waals surface area contributed by atoms with Crippen LogP contribution < -0.4 is 0 Å². The molecule has 0 N–H and O–H groups in total. The lowest BCUT2D eigenvalue weighted by Crippen LogP contribution is -2.39. The third-order valence-corrected chi connectivity index (χ3v) is 6.03. The quantitative estimate of drug-likeness (QED) is 0.627. The van der Waals surface area contributed by atoms with Gasteiger partial charge in [-0.2, -0.15) is 0 Å². The molecule has 2 atom stereocenters. The van der Waals surface area contributed by atoms with Gasteiger partial charge in [0.1, 0.15) is 0 Å². The van der Waals surface area contributed by atoms with E-state index < -0.39 is 0 Å². The lowest BCUT2D eigenvalue weighted by molar-refractivity contribution is 0.152. The van der Waals surface area contributed by atoms with Crippen LogP contribution in [0.4, 0.5) is 0 Å². The first-order valence-electron chi connectivity index (χ1n) is 9.72. The maximum atomic E-state index is 2.65. The fraction of sp³-hybridized carbons (Fsp3) is 0.652. The first-order chi connectivity index (χ1) is 11.2. The fourth-order valence-corrected chi connectivity index (χ4v) is 4.00. The molecule has 134 valence electrons.